The predicted octanol–water partition coefficient (Wildman–Crippen LogP) is 3.90. The Morgan fingerprint density at radius 2 is 1.41 bits per heavy atom. The van der Waals surface area contributed by atoms with Crippen LogP contribution in [0.25, 0.3) is 11.5 Å². The van der Waals surface area contributed by atoms with E-state index < -0.39 is 0 Å². The van der Waals surface area contributed by atoms with Crippen LogP contribution in [0.15, 0.2) is 89.3 Å². The number of aryl methyl sites for hydroxylation is 1. The Balaban J connectivity index is 1.54. The van der Waals surface area contributed by atoms with E-state index in [2.05, 4.69) is 71.0 Å². The minimum atomic E-state index is 0.180. The van der Waals surface area contributed by atoms with Gasteiger partial charge in [-0.1, -0.05) is 78.4 Å². The molecule has 4 rings (SSSR count). The Kier molecular flexibility index (Phi) is 5.08. The van der Waals surface area contributed by atoms with E-state index in [1.54, 1.807) is 0 Å². The van der Waals surface area contributed by atoms with Crippen LogP contribution in [0.1, 0.15) is 28.6 Å². The lowest BCUT2D eigenvalue weighted by molar-refractivity contribution is -0.704. The maximum Gasteiger partial charge on any atom is 0.271 e. The van der Waals surface area contributed by atoms with Crippen LogP contribution in [0.2, 0.25) is 0 Å². The van der Waals surface area contributed by atoms with Gasteiger partial charge < -0.3 is 9.73 Å². The highest BCUT2D eigenvalue weighted by molar-refractivity contribution is 5.51. The first-order valence-electron chi connectivity index (χ1n) is 9.12. The van der Waals surface area contributed by atoms with E-state index in [4.69, 9.17) is 4.42 Å². The lowest BCUT2D eigenvalue weighted by Gasteiger charge is -2.16. The highest BCUT2D eigenvalue weighted by Crippen LogP contribution is 2.20. The van der Waals surface area contributed by atoms with E-state index in [1.165, 1.54) is 16.7 Å². The van der Waals surface area contributed by atoms with E-state index in [9.17, 15) is 0 Å². The monoisotopic (exact) mass is 356 g/mol. The molecule has 0 radical (unpaired) electrons. The van der Waals surface area contributed by atoms with Crippen molar-refractivity contribution in [1.82, 2.24) is 10.2 Å². The first-order valence-corrected chi connectivity index (χ1v) is 9.12. The molecule has 0 bridgehead atoms. The van der Waals surface area contributed by atoms with E-state index >= 15 is 0 Å². The fraction of sp³-hybridized carbons (Fsp3) is 0.130. The fourth-order valence-corrected chi connectivity index (χ4v) is 3.15. The van der Waals surface area contributed by atoms with Gasteiger partial charge in [0.1, 0.15) is 6.04 Å². The third-order valence-corrected chi connectivity index (χ3v) is 4.61. The van der Waals surface area contributed by atoms with Crippen LogP contribution in [-0.2, 0) is 6.54 Å². The molecule has 0 spiro atoms. The Morgan fingerprint density at radius 1 is 0.778 bits per heavy atom. The average Bonchev–Trinajstić information content (AvgIpc) is 3.20. The highest BCUT2D eigenvalue weighted by atomic mass is 16.4. The van der Waals surface area contributed by atoms with Crippen molar-refractivity contribution in [2.75, 3.05) is 0 Å². The van der Waals surface area contributed by atoms with Crippen molar-refractivity contribution < 1.29 is 9.73 Å². The number of hydrogen-bond acceptors (Lipinski definition) is 3. The van der Waals surface area contributed by atoms with Crippen LogP contribution in [0, 0.1) is 6.92 Å². The molecule has 4 aromatic rings. The summed E-state index contributed by atoms with van der Waals surface area (Å²) >= 11 is 0. The molecule has 3 aromatic carbocycles. The average molecular weight is 356 g/mol. The van der Waals surface area contributed by atoms with Crippen molar-refractivity contribution in [2.24, 2.45) is 0 Å². The summed E-state index contributed by atoms with van der Waals surface area (Å²) < 4.78 is 5.86. The topological polar surface area (TPSA) is 55.5 Å². The van der Waals surface area contributed by atoms with Crippen molar-refractivity contribution in [1.29, 1.82) is 0 Å². The van der Waals surface area contributed by atoms with Crippen molar-refractivity contribution in [3.63, 3.8) is 0 Å². The molecule has 4 nitrogen and oxygen atoms in total. The quantitative estimate of drug-likeness (QED) is 0.570. The van der Waals surface area contributed by atoms with Crippen LogP contribution in [-0.4, -0.2) is 10.2 Å². The first kappa shape index (κ1) is 17.2. The summed E-state index contributed by atoms with van der Waals surface area (Å²) in [7, 11) is 0. The second-order valence-electron chi connectivity index (χ2n) is 6.61. The zero-order valence-electron chi connectivity index (χ0n) is 15.2. The molecule has 0 unspecified atom stereocenters. The van der Waals surface area contributed by atoms with Crippen LogP contribution in [0.4, 0.5) is 0 Å². The molecule has 2 N–H and O–H groups in total. The van der Waals surface area contributed by atoms with Gasteiger partial charge in [-0.05, 0) is 19.1 Å². The number of hydrogen-bond donors (Lipinski definition) is 1. The molecular formula is C23H22N3O+. The molecule has 134 valence electrons. The minimum absolute atomic E-state index is 0.180. The van der Waals surface area contributed by atoms with Gasteiger partial charge in [-0.3, -0.25) is 0 Å². The van der Waals surface area contributed by atoms with Gasteiger partial charge in [0.05, 0.1) is 0 Å². The van der Waals surface area contributed by atoms with Gasteiger partial charge in [0.15, 0.2) is 6.54 Å². The van der Waals surface area contributed by atoms with Gasteiger partial charge in [-0.15, -0.1) is 10.2 Å². The third-order valence-electron chi connectivity index (χ3n) is 4.61. The van der Waals surface area contributed by atoms with Crippen LogP contribution in [0.3, 0.4) is 0 Å². The van der Waals surface area contributed by atoms with Crippen LogP contribution in [0.5, 0.6) is 0 Å². The van der Waals surface area contributed by atoms with Gasteiger partial charge in [0.25, 0.3) is 5.89 Å². The van der Waals surface area contributed by atoms with Crippen molar-refractivity contribution in [2.45, 2.75) is 19.5 Å². The number of aromatic nitrogens is 2. The SMILES string of the molecule is Cc1ccc([C@H]([NH2+]Cc2nnc(-c3ccccc3)o2)c2ccccc2)cc1. The molecule has 1 heterocycles. The minimum Gasteiger partial charge on any atom is -0.415 e. The molecule has 4 heteroatoms. The highest BCUT2D eigenvalue weighted by Gasteiger charge is 2.19. The van der Waals surface area contributed by atoms with Crippen LogP contribution >= 0.6 is 0 Å². The molecule has 1 atom stereocenters. The fourth-order valence-electron chi connectivity index (χ4n) is 3.15. The molecule has 0 saturated carbocycles. The van der Waals surface area contributed by atoms with Gasteiger partial charge in [0, 0.05) is 16.7 Å². The molecular weight excluding hydrogens is 334 g/mol. The molecule has 0 fully saturated rings. The standard InChI is InChI=1S/C23H21N3O/c1-17-12-14-19(15-13-17)22(18-8-4-2-5-9-18)24-16-21-25-26-23(27-21)20-10-6-3-7-11-20/h2-15,22,24H,16H2,1H3/p+1/t22-/m1/s1. The molecule has 0 aliphatic heterocycles. The molecule has 0 saturated heterocycles. The molecule has 0 aliphatic rings. The van der Waals surface area contributed by atoms with E-state index in [-0.39, 0.29) is 6.04 Å². The largest absolute Gasteiger partial charge is 0.415 e. The van der Waals surface area contributed by atoms with Gasteiger partial charge >= 0.3 is 0 Å². The summed E-state index contributed by atoms with van der Waals surface area (Å²) in [6.07, 6.45) is 0. The molecule has 27 heavy (non-hydrogen) atoms. The summed E-state index contributed by atoms with van der Waals surface area (Å²) in [4.78, 5) is 0. The summed E-state index contributed by atoms with van der Waals surface area (Å²) in [5, 5.41) is 10.6. The van der Waals surface area contributed by atoms with Crippen molar-refractivity contribution in [3.8, 4) is 11.5 Å². The van der Waals surface area contributed by atoms with Gasteiger partial charge in [-0.25, -0.2) is 0 Å². The summed E-state index contributed by atoms with van der Waals surface area (Å²) in [5.41, 5.74) is 4.71. The zero-order chi connectivity index (χ0) is 18.5. The summed E-state index contributed by atoms with van der Waals surface area (Å²) in [6.45, 7) is 2.72. The second kappa shape index (κ2) is 7.98. The maximum absolute atomic E-state index is 5.86. The van der Waals surface area contributed by atoms with Gasteiger partial charge in [-0.2, -0.15) is 0 Å². The van der Waals surface area contributed by atoms with E-state index in [1.807, 2.05) is 36.4 Å². The number of benzene rings is 3. The zero-order valence-corrected chi connectivity index (χ0v) is 15.2. The lowest BCUT2D eigenvalue weighted by Crippen LogP contribution is -2.84. The first-order chi connectivity index (χ1) is 13.3. The number of nitrogens with two attached hydrogens (primary N) is 1. The Morgan fingerprint density at radius 3 is 2.11 bits per heavy atom. The summed E-state index contributed by atoms with van der Waals surface area (Å²) in [6, 6.07) is 29.2. The van der Waals surface area contributed by atoms with Crippen molar-refractivity contribution in [3.05, 3.63) is 108 Å². The van der Waals surface area contributed by atoms with Crippen LogP contribution < -0.4 is 5.32 Å². The molecule has 1 aromatic heterocycles. The molecule has 0 aliphatic carbocycles. The van der Waals surface area contributed by atoms with E-state index in [0.717, 1.165) is 5.56 Å². The van der Waals surface area contributed by atoms with Crippen molar-refractivity contribution >= 4 is 0 Å². The maximum atomic E-state index is 5.86. The smallest absolute Gasteiger partial charge is 0.271 e. The number of rotatable bonds is 6. The van der Waals surface area contributed by atoms with Gasteiger partial charge in [0.2, 0.25) is 5.89 Å². The predicted molar refractivity (Wildman–Crippen MR) is 105 cm³/mol. The normalized spacial score (nSPS) is 12.0. The van der Waals surface area contributed by atoms with E-state index in [0.29, 0.717) is 18.3 Å². The Hall–Kier alpha value is -3.24. The second-order valence-corrected chi connectivity index (χ2v) is 6.61. The lowest BCUT2D eigenvalue weighted by atomic mass is 9.98. The Labute approximate surface area is 158 Å². The summed E-state index contributed by atoms with van der Waals surface area (Å²) in [5.74, 6) is 1.19. The number of quaternary nitrogens is 1. The Bertz CT molecular complexity index is 979. The number of nitrogens with zero attached hydrogens (tertiary/aromatic N) is 2. The molecule has 0 amide bonds. The third kappa shape index (κ3) is 4.13.